The van der Waals surface area contributed by atoms with E-state index in [1.807, 2.05) is 26.8 Å². The zero-order valence-corrected chi connectivity index (χ0v) is 14.7. The largest absolute Gasteiger partial charge is 0.460 e. The van der Waals surface area contributed by atoms with Gasteiger partial charge in [-0.2, -0.15) is 0 Å². The SMILES string of the molecule is COC(CC(=O)OC(C)(C)C)C1CCCN1Cc1ccccc1. The standard InChI is InChI=1S/C19H29NO3/c1-19(2,3)23-18(21)13-17(22-4)16-11-8-12-20(16)14-15-9-6-5-7-10-15/h5-7,9-10,16-17H,8,11-14H2,1-4H3. The lowest BCUT2D eigenvalue weighted by molar-refractivity contribution is -0.158. The van der Waals surface area contributed by atoms with E-state index in [4.69, 9.17) is 9.47 Å². The van der Waals surface area contributed by atoms with Crippen molar-refractivity contribution in [3.8, 4) is 0 Å². The summed E-state index contributed by atoms with van der Waals surface area (Å²) in [6.07, 6.45) is 2.40. The van der Waals surface area contributed by atoms with Crippen LogP contribution in [-0.4, -0.2) is 42.3 Å². The molecule has 2 rings (SSSR count). The fraction of sp³-hybridized carbons (Fsp3) is 0.632. The highest BCUT2D eigenvalue weighted by Gasteiger charge is 2.34. The fourth-order valence-corrected chi connectivity index (χ4v) is 3.21. The Labute approximate surface area is 139 Å². The van der Waals surface area contributed by atoms with Gasteiger partial charge in [-0.15, -0.1) is 0 Å². The van der Waals surface area contributed by atoms with E-state index >= 15 is 0 Å². The lowest BCUT2D eigenvalue weighted by Gasteiger charge is -2.31. The van der Waals surface area contributed by atoms with Gasteiger partial charge in [-0.25, -0.2) is 0 Å². The quantitative estimate of drug-likeness (QED) is 0.753. The number of rotatable bonds is 6. The topological polar surface area (TPSA) is 38.8 Å². The monoisotopic (exact) mass is 319 g/mol. The third-order valence-electron chi connectivity index (χ3n) is 4.16. The Morgan fingerprint density at radius 1 is 1.30 bits per heavy atom. The van der Waals surface area contributed by atoms with Crippen LogP contribution in [0.15, 0.2) is 30.3 Å². The van der Waals surface area contributed by atoms with Crippen LogP contribution in [0, 0.1) is 0 Å². The minimum Gasteiger partial charge on any atom is -0.460 e. The summed E-state index contributed by atoms with van der Waals surface area (Å²) in [5.41, 5.74) is 0.848. The molecule has 0 amide bonds. The number of benzene rings is 1. The second-order valence-electron chi connectivity index (χ2n) is 7.23. The number of ether oxygens (including phenoxy) is 2. The van der Waals surface area contributed by atoms with Crippen molar-refractivity contribution in [3.05, 3.63) is 35.9 Å². The lowest BCUT2D eigenvalue weighted by atomic mass is 10.0. The first-order valence-corrected chi connectivity index (χ1v) is 8.41. The second kappa shape index (κ2) is 7.93. The highest BCUT2D eigenvalue weighted by atomic mass is 16.6. The van der Waals surface area contributed by atoms with Crippen molar-refractivity contribution in [2.24, 2.45) is 0 Å². The van der Waals surface area contributed by atoms with Crippen molar-refractivity contribution in [3.63, 3.8) is 0 Å². The van der Waals surface area contributed by atoms with Crippen molar-refractivity contribution in [1.82, 2.24) is 4.90 Å². The molecule has 4 heteroatoms. The van der Waals surface area contributed by atoms with Gasteiger partial charge in [0.05, 0.1) is 12.5 Å². The molecule has 4 nitrogen and oxygen atoms in total. The molecule has 128 valence electrons. The van der Waals surface area contributed by atoms with E-state index in [1.165, 1.54) is 5.56 Å². The van der Waals surface area contributed by atoms with Gasteiger partial charge < -0.3 is 9.47 Å². The Morgan fingerprint density at radius 3 is 2.61 bits per heavy atom. The molecular formula is C19H29NO3. The highest BCUT2D eigenvalue weighted by molar-refractivity contribution is 5.70. The predicted octanol–water partition coefficient (Wildman–Crippen LogP) is 3.40. The molecule has 23 heavy (non-hydrogen) atoms. The molecule has 1 heterocycles. The van der Waals surface area contributed by atoms with Gasteiger partial charge in [0.15, 0.2) is 0 Å². The number of carbonyl (C=O) groups excluding carboxylic acids is 1. The lowest BCUT2D eigenvalue weighted by Crippen LogP contribution is -2.41. The Bertz CT molecular complexity index is 495. The van der Waals surface area contributed by atoms with Gasteiger partial charge in [0, 0.05) is 19.7 Å². The molecule has 1 aromatic rings. The molecule has 1 saturated heterocycles. The van der Waals surface area contributed by atoms with Crippen LogP contribution in [0.3, 0.4) is 0 Å². The fourth-order valence-electron chi connectivity index (χ4n) is 3.21. The first-order chi connectivity index (χ1) is 10.9. The number of likely N-dealkylation sites (tertiary alicyclic amines) is 1. The van der Waals surface area contributed by atoms with Crippen LogP contribution in [-0.2, 0) is 20.8 Å². The summed E-state index contributed by atoms with van der Waals surface area (Å²) in [5, 5.41) is 0. The van der Waals surface area contributed by atoms with E-state index in [2.05, 4.69) is 29.2 Å². The molecule has 0 N–H and O–H groups in total. The predicted molar refractivity (Wildman–Crippen MR) is 91.1 cm³/mol. The molecule has 1 aliphatic rings. The molecule has 1 aromatic carbocycles. The molecule has 0 aliphatic carbocycles. The Balaban J connectivity index is 1.97. The van der Waals surface area contributed by atoms with Crippen LogP contribution in [0.5, 0.6) is 0 Å². The van der Waals surface area contributed by atoms with Crippen LogP contribution in [0.2, 0.25) is 0 Å². The first-order valence-electron chi connectivity index (χ1n) is 8.41. The summed E-state index contributed by atoms with van der Waals surface area (Å²) in [6.45, 7) is 7.63. The van der Waals surface area contributed by atoms with Crippen molar-refractivity contribution < 1.29 is 14.3 Å². The van der Waals surface area contributed by atoms with Crippen molar-refractivity contribution >= 4 is 5.97 Å². The van der Waals surface area contributed by atoms with Crippen molar-refractivity contribution in [1.29, 1.82) is 0 Å². The molecule has 2 atom stereocenters. The Hall–Kier alpha value is -1.39. The summed E-state index contributed by atoms with van der Waals surface area (Å²) in [5.74, 6) is -0.184. The number of methoxy groups -OCH3 is 1. The first kappa shape index (κ1) is 18.0. The Kier molecular flexibility index (Phi) is 6.19. The van der Waals surface area contributed by atoms with Crippen molar-refractivity contribution in [2.45, 2.75) is 64.3 Å². The number of hydrogen-bond donors (Lipinski definition) is 0. The molecule has 1 fully saturated rings. The van der Waals surface area contributed by atoms with Gasteiger partial charge in [-0.05, 0) is 45.7 Å². The van der Waals surface area contributed by atoms with Crippen LogP contribution in [0.4, 0.5) is 0 Å². The number of hydrogen-bond acceptors (Lipinski definition) is 4. The van der Waals surface area contributed by atoms with E-state index in [-0.39, 0.29) is 18.1 Å². The number of nitrogens with zero attached hydrogens (tertiary/aromatic N) is 1. The van der Waals surface area contributed by atoms with Crippen LogP contribution in [0.25, 0.3) is 0 Å². The molecule has 0 spiro atoms. The third kappa shape index (κ3) is 5.63. The summed E-state index contributed by atoms with van der Waals surface area (Å²) in [6, 6.07) is 10.7. The molecule has 1 aliphatic heterocycles. The smallest absolute Gasteiger partial charge is 0.309 e. The van der Waals surface area contributed by atoms with Gasteiger partial charge in [-0.1, -0.05) is 30.3 Å². The van der Waals surface area contributed by atoms with Crippen molar-refractivity contribution in [2.75, 3.05) is 13.7 Å². The normalized spacial score (nSPS) is 20.4. The third-order valence-corrected chi connectivity index (χ3v) is 4.16. The molecule has 0 aromatic heterocycles. The average Bonchev–Trinajstić information content (AvgIpc) is 2.92. The van der Waals surface area contributed by atoms with Gasteiger partial charge in [0.2, 0.25) is 0 Å². The maximum absolute atomic E-state index is 12.1. The molecular weight excluding hydrogens is 290 g/mol. The molecule has 0 bridgehead atoms. The van der Waals surface area contributed by atoms with Gasteiger partial charge >= 0.3 is 5.97 Å². The summed E-state index contributed by atoms with van der Waals surface area (Å²) < 4.78 is 11.1. The van der Waals surface area contributed by atoms with E-state index in [9.17, 15) is 4.79 Å². The maximum Gasteiger partial charge on any atom is 0.309 e. The van der Waals surface area contributed by atoms with Crippen LogP contribution in [0.1, 0.15) is 45.6 Å². The van der Waals surface area contributed by atoms with E-state index < -0.39 is 5.60 Å². The molecule has 2 unspecified atom stereocenters. The molecule has 0 radical (unpaired) electrons. The minimum absolute atomic E-state index is 0.115. The van der Waals surface area contributed by atoms with Gasteiger partial charge in [-0.3, -0.25) is 9.69 Å². The van der Waals surface area contributed by atoms with Crippen LogP contribution >= 0.6 is 0 Å². The Morgan fingerprint density at radius 2 is 2.00 bits per heavy atom. The van der Waals surface area contributed by atoms with Gasteiger partial charge in [0.25, 0.3) is 0 Å². The van der Waals surface area contributed by atoms with Gasteiger partial charge in [0.1, 0.15) is 5.60 Å². The summed E-state index contributed by atoms with van der Waals surface area (Å²) >= 11 is 0. The summed E-state index contributed by atoms with van der Waals surface area (Å²) in [4.78, 5) is 14.6. The maximum atomic E-state index is 12.1. The number of esters is 1. The number of carbonyl (C=O) groups is 1. The van der Waals surface area contributed by atoms with E-state index in [0.717, 1.165) is 25.9 Å². The average molecular weight is 319 g/mol. The van der Waals surface area contributed by atoms with Crippen LogP contribution < -0.4 is 0 Å². The summed E-state index contributed by atoms with van der Waals surface area (Å²) in [7, 11) is 1.69. The van der Waals surface area contributed by atoms with E-state index in [0.29, 0.717) is 6.42 Å². The minimum atomic E-state index is -0.450. The van der Waals surface area contributed by atoms with E-state index in [1.54, 1.807) is 7.11 Å². The zero-order chi connectivity index (χ0) is 16.9. The second-order valence-corrected chi connectivity index (χ2v) is 7.23. The zero-order valence-electron chi connectivity index (χ0n) is 14.7. The highest BCUT2D eigenvalue weighted by Crippen LogP contribution is 2.26. The molecule has 0 saturated carbocycles.